The molecule has 0 aliphatic heterocycles. The highest BCUT2D eigenvalue weighted by atomic mass is 79.9. The lowest BCUT2D eigenvalue weighted by Crippen LogP contribution is -2.07. The number of thiophene rings is 1. The lowest BCUT2D eigenvalue weighted by atomic mass is 10.2. The van der Waals surface area contributed by atoms with Crippen LogP contribution in [0.5, 0.6) is 0 Å². The smallest absolute Gasteiger partial charge is 0.0701 e. The fraction of sp³-hybridized carbons (Fsp3) is 0.556. The van der Waals surface area contributed by atoms with Crippen LogP contribution in [0.3, 0.4) is 0 Å². The molecule has 0 bridgehead atoms. The molecule has 1 rings (SSSR count). The zero-order valence-electron chi connectivity index (χ0n) is 7.43. The van der Waals surface area contributed by atoms with Gasteiger partial charge >= 0.3 is 0 Å². The van der Waals surface area contributed by atoms with Gasteiger partial charge in [-0.15, -0.1) is 11.3 Å². The predicted molar refractivity (Wildman–Crippen MR) is 64.9 cm³/mol. The van der Waals surface area contributed by atoms with Crippen LogP contribution in [0.15, 0.2) is 15.9 Å². The third-order valence-electron chi connectivity index (χ3n) is 1.68. The maximum absolute atomic E-state index is 5.04. The van der Waals surface area contributed by atoms with E-state index in [1.165, 1.54) is 8.66 Å². The lowest BCUT2D eigenvalue weighted by Gasteiger charge is -2.06. The zero-order valence-corrected chi connectivity index (χ0v) is 11.4. The Morgan fingerprint density at radius 3 is 2.85 bits per heavy atom. The van der Waals surface area contributed by atoms with Crippen molar-refractivity contribution in [1.82, 2.24) is 0 Å². The molecule has 0 saturated heterocycles. The molecular formula is C9H12Br2OS. The normalized spacial score (nSPS) is 13.2. The van der Waals surface area contributed by atoms with Gasteiger partial charge in [0.05, 0.1) is 10.4 Å². The zero-order chi connectivity index (χ0) is 9.68. The molecule has 0 aromatic carbocycles. The summed E-state index contributed by atoms with van der Waals surface area (Å²) in [6.45, 7) is 0.784. The summed E-state index contributed by atoms with van der Waals surface area (Å²) in [7, 11) is 1.73. The van der Waals surface area contributed by atoms with E-state index in [1.54, 1.807) is 18.4 Å². The second kappa shape index (κ2) is 6.17. The molecular weight excluding hydrogens is 316 g/mol. The van der Waals surface area contributed by atoms with Gasteiger partial charge in [-0.05, 0) is 40.9 Å². The molecule has 0 N–H and O–H groups in total. The number of halogens is 2. The van der Waals surface area contributed by atoms with Gasteiger partial charge in [0.2, 0.25) is 0 Å². The van der Waals surface area contributed by atoms with Gasteiger partial charge in [0.1, 0.15) is 0 Å². The molecule has 0 spiro atoms. The van der Waals surface area contributed by atoms with Crippen molar-refractivity contribution in [2.75, 3.05) is 13.7 Å². The van der Waals surface area contributed by atoms with E-state index in [1.807, 2.05) is 0 Å². The summed E-state index contributed by atoms with van der Waals surface area (Å²) in [5, 5.41) is 0. The Hall–Kier alpha value is 0.620. The number of alkyl halides is 1. The van der Waals surface area contributed by atoms with E-state index in [9.17, 15) is 0 Å². The van der Waals surface area contributed by atoms with Crippen LogP contribution < -0.4 is 0 Å². The Balaban J connectivity index is 2.26. The highest BCUT2D eigenvalue weighted by Gasteiger charge is 2.04. The monoisotopic (exact) mass is 326 g/mol. The first-order chi connectivity index (χ1) is 6.22. The minimum Gasteiger partial charge on any atom is -0.384 e. The summed E-state index contributed by atoms with van der Waals surface area (Å²) in [5.41, 5.74) is 0. The van der Waals surface area contributed by atoms with E-state index in [4.69, 9.17) is 4.74 Å². The largest absolute Gasteiger partial charge is 0.384 e. The van der Waals surface area contributed by atoms with Crippen molar-refractivity contribution in [3.8, 4) is 0 Å². The highest BCUT2D eigenvalue weighted by Crippen LogP contribution is 2.24. The summed E-state index contributed by atoms with van der Waals surface area (Å²) >= 11 is 8.83. The first-order valence-corrected chi connectivity index (χ1v) is 6.62. The number of methoxy groups -OCH3 is 1. The maximum atomic E-state index is 5.04. The number of ether oxygens (including phenoxy) is 1. The summed E-state index contributed by atoms with van der Waals surface area (Å²) in [6.07, 6.45) is 2.25. The minimum atomic E-state index is 0.471. The molecule has 1 heterocycles. The third kappa shape index (κ3) is 4.58. The van der Waals surface area contributed by atoms with Crippen molar-refractivity contribution >= 4 is 43.2 Å². The summed E-state index contributed by atoms with van der Waals surface area (Å²) in [4.78, 5) is 1.89. The molecule has 0 saturated carbocycles. The average molecular weight is 328 g/mol. The fourth-order valence-corrected chi connectivity index (χ4v) is 3.04. The lowest BCUT2D eigenvalue weighted by molar-refractivity contribution is 0.198. The van der Waals surface area contributed by atoms with Crippen LogP contribution in [-0.4, -0.2) is 18.5 Å². The first-order valence-electron chi connectivity index (χ1n) is 4.09. The standard InChI is InChI=1S/C9H12Br2OS/c1-12-6-7(10)2-3-8-4-5-9(11)13-8/h4-5,7H,2-3,6H2,1H3. The van der Waals surface area contributed by atoms with Crippen LogP contribution >= 0.6 is 43.2 Å². The minimum absolute atomic E-state index is 0.471. The van der Waals surface area contributed by atoms with Gasteiger partial charge < -0.3 is 4.74 Å². The molecule has 1 aromatic rings. The molecule has 0 aliphatic rings. The van der Waals surface area contributed by atoms with Gasteiger partial charge in [-0.1, -0.05) is 15.9 Å². The van der Waals surface area contributed by atoms with Gasteiger partial charge in [-0.25, -0.2) is 0 Å². The SMILES string of the molecule is COCC(Br)CCc1ccc(Br)s1. The Morgan fingerprint density at radius 1 is 1.54 bits per heavy atom. The van der Waals surface area contributed by atoms with Crippen LogP contribution in [0, 0.1) is 0 Å². The highest BCUT2D eigenvalue weighted by molar-refractivity contribution is 9.11. The van der Waals surface area contributed by atoms with E-state index < -0.39 is 0 Å². The topological polar surface area (TPSA) is 9.23 Å². The quantitative estimate of drug-likeness (QED) is 0.746. The Morgan fingerprint density at radius 2 is 2.31 bits per heavy atom. The van der Waals surface area contributed by atoms with Gasteiger partial charge in [0.15, 0.2) is 0 Å². The van der Waals surface area contributed by atoms with Gasteiger partial charge in [-0.2, -0.15) is 0 Å². The van der Waals surface area contributed by atoms with Crippen molar-refractivity contribution in [2.45, 2.75) is 17.7 Å². The molecule has 0 radical (unpaired) electrons. The summed E-state index contributed by atoms with van der Waals surface area (Å²) in [5.74, 6) is 0. The van der Waals surface area contributed by atoms with Crippen LogP contribution in [0.2, 0.25) is 0 Å². The van der Waals surface area contributed by atoms with E-state index in [-0.39, 0.29) is 0 Å². The first kappa shape index (κ1) is 11.7. The Kier molecular flexibility index (Phi) is 5.55. The van der Waals surface area contributed by atoms with Crippen molar-refractivity contribution in [2.24, 2.45) is 0 Å². The van der Waals surface area contributed by atoms with Crippen molar-refractivity contribution < 1.29 is 4.74 Å². The third-order valence-corrected chi connectivity index (χ3v) is 4.09. The number of aryl methyl sites for hydroxylation is 1. The average Bonchev–Trinajstić information content (AvgIpc) is 2.49. The molecule has 74 valence electrons. The molecule has 1 aromatic heterocycles. The summed E-state index contributed by atoms with van der Waals surface area (Å²) < 4.78 is 6.25. The van der Waals surface area contributed by atoms with Crippen LogP contribution in [-0.2, 0) is 11.2 Å². The number of hydrogen-bond donors (Lipinski definition) is 0. The molecule has 1 atom stereocenters. The van der Waals surface area contributed by atoms with Crippen molar-refractivity contribution in [3.63, 3.8) is 0 Å². The van der Waals surface area contributed by atoms with Crippen LogP contribution in [0.1, 0.15) is 11.3 Å². The van der Waals surface area contributed by atoms with Gasteiger partial charge in [-0.3, -0.25) is 0 Å². The second-order valence-electron chi connectivity index (χ2n) is 2.80. The van der Waals surface area contributed by atoms with Crippen molar-refractivity contribution in [1.29, 1.82) is 0 Å². The molecule has 0 fully saturated rings. The number of rotatable bonds is 5. The predicted octanol–water partition coefficient (Wildman–Crippen LogP) is 3.85. The number of hydrogen-bond acceptors (Lipinski definition) is 2. The van der Waals surface area contributed by atoms with E-state index in [0.717, 1.165) is 19.4 Å². The van der Waals surface area contributed by atoms with Crippen LogP contribution in [0.25, 0.3) is 0 Å². The van der Waals surface area contributed by atoms with E-state index in [0.29, 0.717) is 4.83 Å². The molecule has 4 heteroatoms. The van der Waals surface area contributed by atoms with Gasteiger partial charge in [0.25, 0.3) is 0 Å². The van der Waals surface area contributed by atoms with Crippen molar-refractivity contribution in [3.05, 3.63) is 20.8 Å². The van der Waals surface area contributed by atoms with Gasteiger partial charge in [0, 0.05) is 16.8 Å². The molecule has 0 amide bonds. The maximum Gasteiger partial charge on any atom is 0.0701 e. The molecule has 1 nitrogen and oxygen atoms in total. The molecule has 0 aliphatic carbocycles. The summed E-state index contributed by atoms with van der Waals surface area (Å²) in [6, 6.07) is 4.26. The molecule has 13 heavy (non-hydrogen) atoms. The Bertz CT molecular complexity index is 250. The van der Waals surface area contributed by atoms with Crippen LogP contribution in [0.4, 0.5) is 0 Å². The Labute approximate surface area is 99.7 Å². The second-order valence-corrected chi connectivity index (χ2v) is 6.64. The van der Waals surface area contributed by atoms with E-state index >= 15 is 0 Å². The van der Waals surface area contributed by atoms with E-state index in [2.05, 4.69) is 44.0 Å². The fourth-order valence-electron chi connectivity index (χ4n) is 1.05. The molecule has 1 unspecified atom stereocenters.